The summed E-state index contributed by atoms with van der Waals surface area (Å²) in [6.07, 6.45) is 6.98. The lowest BCUT2D eigenvalue weighted by Gasteiger charge is -2.41. The zero-order valence-electron chi connectivity index (χ0n) is 11.3. The number of aromatic nitrogens is 1. The number of amides is 1. The molecule has 0 spiro atoms. The molecule has 108 valence electrons. The van der Waals surface area contributed by atoms with Gasteiger partial charge in [-0.3, -0.25) is 4.79 Å². The Morgan fingerprint density at radius 2 is 1.95 bits per heavy atom. The molecule has 0 N–H and O–H groups in total. The number of piperidine rings is 1. The van der Waals surface area contributed by atoms with Gasteiger partial charge in [-0.1, -0.05) is 19.3 Å². The summed E-state index contributed by atoms with van der Waals surface area (Å²) in [7, 11) is 0. The Kier molecular flexibility index (Phi) is 3.68. The highest BCUT2D eigenvalue weighted by molar-refractivity contribution is 5.94. The SMILES string of the molecule is O=C(c1ccnc(F)c1F)N1CCC2CCCCC2C1. The average molecular weight is 280 g/mol. The van der Waals surface area contributed by atoms with E-state index in [4.69, 9.17) is 0 Å². The Bertz CT molecular complexity index is 521. The molecule has 3 nitrogen and oxygen atoms in total. The Morgan fingerprint density at radius 3 is 2.75 bits per heavy atom. The number of hydrogen-bond acceptors (Lipinski definition) is 2. The number of hydrogen-bond donors (Lipinski definition) is 0. The molecule has 1 saturated heterocycles. The van der Waals surface area contributed by atoms with E-state index in [1.807, 2.05) is 0 Å². The minimum atomic E-state index is -1.21. The van der Waals surface area contributed by atoms with Crippen molar-refractivity contribution in [3.8, 4) is 0 Å². The van der Waals surface area contributed by atoms with Gasteiger partial charge < -0.3 is 4.90 Å². The van der Waals surface area contributed by atoms with Crippen molar-refractivity contribution in [1.29, 1.82) is 0 Å². The Hall–Kier alpha value is -1.52. The second kappa shape index (κ2) is 5.46. The van der Waals surface area contributed by atoms with Crippen molar-refractivity contribution in [2.45, 2.75) is 32.1 Å². The number of rotatable bonds is 1. The highest BCUT2D eigenvalue weighted by Crippen LogP contribution is 2.36. The Balaban J connectivity index is 1.76. The zero-order valence-corrected chi connectivity index (χ0v) is 11.3. The Morgan fingerprint density at radius 1 is 1.20 bits per heavy atom. The molecular formula is C15H18F2N2O. The number of carbonyl (C=O) groups excluding carboxylic acids is 1. The predicted molar refractivity (Wildman–Crippen MR) is 70.1 cm³/mol. The van der Waals surface area contributed by atoms with E-state index in [2.05, 4.69) is 4.98 Å². The van der Waals surface area contributed by atoms with Crippen LogP contribution in [-0.4, -0.2) is 28.9 Å². The predicted octanol–water partition coefficient (Wildman–Crippen LogP) is 3.01. The standard InChI is InChI=1S/C15H18F2N2O/c16-13-12(5-7-18-14(13)17)15(20)19-8-6-10-3-1-2-4-11(10)9-19/h5,7,10-11H,1-4,6,8-9H2. The first-order valence-electron chi connectivity index (χ1n) is 7.26. The number of halogens is 2. The maximum Gasteiger partial charge on any atom is 0.257 e. The fourth-order valence-electron chi connectivity index (χ4n) is 3.54. The molecule has 20 heavy (non-hydrogen) atoms. The third kappa shape index (κ3) is 2.41. The normalized spacial score (nSPS) is 26.2. The smallest absolute Gasteiger partial charge is 0.257 e. The van der Waals surface area contributed by atoms with E-state index in [-0.39, 0.29) is 5.56 Å². The van der Waals surface area contributed by atoms with Crippen LogP contribution in [-0.2, 0) is 0 Å². The van der Waals surface area contributed by atoms with Gasteiger partial charge in [0.2, 0.25) is 5.95 Å². The van der Waals surface area contributed by atoms with Crippen molar-refractivity contribution < 1.29 is 13.6 Å². The third-order valence-corrected chi connectivity index (χ3v) is 4.66. The average Bonchev–Trinajstić information content (AvgIpc) is 2.49. The molecule has 5 heteroatoms. The molecule has 1 aliphatic heterocycles. The van der Waals surface area contributed by atoms with Gasteiger partial charge in [-0.25, -0.2) is 9.37 Å². The van der Waals surface area contributed by atoms with Crippen molar-refractivity contribution in [2.24, 2.45) is 11.8 Å². The molecule has 3 rings (SSSR count). The van der Waals surface area contributed by atoms with Crippen LogP contribution in [0.2, 0.25) is 0 Å². The number of carbonyl (C=O) groups is 1. The summed E-state index contributed by atoms with van der Waals surface area (Å²) in [5.41, 5.74) is -0.202. The summed E-state index contributed by atoms with van der Waals surface area (Å²) in [5, 5.41) is 0. The van der Waals surface area contributed by atoms with Gasteiger partial charge in [0.15, 0.2) is 5.82 Å². The largest absolute Gasteiger partial charge is 0.338 e. The van der Waals surface area contributed by atoms with Gasteiger partial charge in [-0.2, -0.15) is 4.39 Å². The molecule has 1 aliphatic carbocycles. The van der Waals surface area contributed by atoms with Gasteiger partial charge in [0.05, 0.1) is 5.56 Å². The minimum absolute atomic E-state index is 0.202. The van der Waals surface area contributed by atoms with Crippen molar-refractivity contribution in [1.82, 2.24) is 9.88 Å². The quantitative estimate of drug-likeness (QED) is 0.741. The summed E-state index contributed by atoms with van der Waals surface area (Å²) >= 11 is 0. The summed E-state index contributed by atoms with van der Waals surface area (Å²) in [6, 6.07) is 1.26. The first kappa shape index (κ1) is 13.5. The molecule has 0 aromatic carbocycles. The molecule has 2 fully saturated rings. The van der Waals surface area contributed by atoms with Crippen LogP contribution in [0, 0.1) is 23.6 Å². The van der Waals surface area contributed by atoms with E-state index in [0.717, 1.165) is 19.0 Å². The van der Waals surface area contributed by atoms with Gasteiger partial charge in [0.1, 0.15) is 0 Å². The number of likely N-dealkylation sites (tertiary alicyclic amines) is 1. The van der Waals surface area contributed by atoms with E-state index >= 15 is 0 Å². The second-order valence-electron chi connectivity index (χ2n) is 5.81. The zero-order chi connectivity index (χ0) is 14.1. The van der Waals surface area contributed by atoms with Crippen molar-refractivity contribution in [3.05, 3.63) is 29.6 Å². The molecular weight excluding hydrogens is 262 g/mol. The first-order chi connectivity index (χ1) is 9.66. The second-order valence-corrected chi connectivity index (χ2v) is 5.81. The fraction of sp³-hybridized carbons (Fsp3) is 0.600. The number of pyridine rings is 1. The molecule has 2 aliphatic rings. The topological polar surface area (TPSA) is 33.2 Å². The molecule has 1 saturated carbocycles. The maximum atomic E-state index is 13.7. The minimum Gasteiger partial charge on any atom is -0.338 e. The lowest BCUT2D eigenvalue weighted by atomic mass is 9.75. The van der Waals surface area contributed by atoms with Gasteiger partial charge >= 0.3 is 0 Å². The first-order valence-corrected chi connectivity index (χ1v) is 7.26. The molecule has 2 unspecified atom stereocenters. The van der Waals surface area contributed by atoms with Gasteiger partial charge in [0.25, 0.3) is 5.91 Å². The van der Waals surface area contributed by atoms with Crippen LogP contribution in [0.1, 0.15) is 42.5 Å². The molecule has 1 amide bonds. The van der Waals surface area contributed by atoms with Crippen LogP contribution in [0.25, 0.3) is 0 Å². The third-order valence-electron chi connectivity index (χ3n) is 4.66. The van der Waals surface area contributed by atoms with E-state index < -0.39 is 17.7 Å². The molecule has 0 bridgehead atoms. The van der Waals surface area contributed by atoms with Crippen LogP contribution in [0.15, 0.2) is 12.3 Å². The molecule has 2 atom stereocenters. The molecule has 2 heterocycles. The maximum absolute atomic E-state index is 13.7. The highest BCUT2D eigenvalue weighted by Gasteiger charge is 2.34. The van der Waals surface area contributed by atoms with Crippen molar-refractivity contribution in [3.63, 3.8) is 0 Å². The van der Waals surface area contributed by atoms with Crippen LogP contribution in [0.4, 0.5) is 8.78 Å². The number of fused-ring (bicyclic) bond motifs is 1. The van der Waals surface area contributed by atoms with Crippen molar-refractivity contribution in [2.75, 3.05) is 13.1 Å². The van der Waals surface area contributed by atoms with Crippen LogP contribution >= 0.6 is 0 Å². The summed E-state index contributed by atoms with van der Waals surface area (Å²) in [6.45, 7) is 1.32. The molecule has 0 radical (unpaired) electrons. The number of nitrogens with zero attached hydrogens (tertiary/aromatic N) is 2. The van der Waals surface area contributed by atoms with Crippen LogP contribution in [0.5, 0.6) is 0 Å². The van der Waals surface area contributed by atoms with Crippen molar-refractivity contribution >= 4 is 5.91 Å². The van der Waals surface area contributed by atoms with Gasteiger partial charge in [-0.15, -0.1) is 0 Å². The fourth-order valence-corrected chi connectivity index (χ4v) is 3.54. The summed E-state index contributed by atoms with van der Waals surface area (Å²) in [4.78, 5) is 17.2. The van der Waals surface area contributed by atoms with E-state index in [0.29, 0.717) is 24.9 Å². The Labute approximate surface area is 117 Å². The van der Waals surface area contributed by atoms with Crippen LogP contribution in [0.3, 0.4) is 0 Å². The van der Waals surface area contributed by atoms with Gasteiger partial charge in [0, 0.05) is 19.3 Å². The summed E-state index contributed by atoms with van der Waals surface area (Å²) < 4.78 is 26.8. The van der Waals surface area contributed by atoms with Gasteiger partial charge in [-0.05, 0) is 30.7 Å². The molecule has 1 aromatic rings. The lowest BCUT2D eigenvalue weighted by molar-refractivity contribution is 0.0515. The highest BCUT2D eigenvalue weighted by atomic mass is 19.2. The van der Waals surface area contributed by atoms with E-state index in [1.54, 1.807) is 4.90 Å². The van der Waals surface area contributed by atoms with Crippen LogP contribution < -0.4 is 0 Å². The lowest BCUT2D eigenvalue weighted by Crippen LogP contribution is -2.45. The van der Waals surface area contributed by atoms with E-state index in [1.165, 1.54) is 25.3 Å². The molecule has 1 aromatic heterocycles. The van der Waals surface area contributed by atoms with E-state index in [9.17, 15) is 13.6 Å². The summed E-state index contributed by atoms with van der Waals surface area (Å²) in [5.74, 6) is -1.53. The monoisotopic (exact) mass is 280 g/mol.